The first-order valence-electron chi connectivity index (χ1n) is 6.57. The summed E-state index contributed by atoms with van der Waals surface area (Å²) >= 11 is 3.35. The Morgan fingerprint density at radius 3 is 2.00 bits per heavy atom. The fraction of sp³-hybridized carbons (Fsp3) is 0.125. The van der Waals surface area contributed by atoms with E-state index < -0.39 is 0 Å². The highest BCUT2D eigenvalue weighted by Gasteiger charge is 2.17. The zero-order chi connectivity index (χ0) is 14.5. The topological polar surface area (TPSA) is 33.2 Å². The van der Waals surface area contributed by atoms with Crippen LogP contribution < -0.4 is 0 Å². The molecule has 3 rings (SSSR count). The number of hydrogen-bond acceptors (Lipinski definition) is 4. The lowest BCUT2D eigenvalue weighted by molar-refractivity contribution is 0.0733. The molecule has 0 aromatic carbocycles. The normalized spacial score (nSPS) is 10.5. The van der Waals surface area contributed by atoms with Crippen LogP contribution >= 0.6 is 22.7 Å². The lowest BCUT2D eigenvalue weighted by Gasteiger charge is -2.21. The Hall–Kier alpha value is -1.98. The van der Waals surface area contributed by atoms with Gasteiger partial charge in [0.05, 0.1) is 13.1 Å². The van der Waals surface area contributed by atoms with Gasteiger partial charge in [-0.3, -0.25) is 9.78 Å². The Morgan fingerprint density at radius 1 is 0.952 bits per heavy atom. The molecule has 0 bridgehead atoms. The van der Waals surface area contributed by atoms with E-state index in [9.17, 15) is 4.79 Å². The van der Waals surface area contributed by atoms with Gasteiger partial charge in [0.15, 0.2) is 0 Å². The highest BCUT2D eigenvalue weighted by Crippen LogP contribution is 2.19. The van der Waals surface area contributed by atoms with Crippen molar-refractivity contribution in [1.29, 1.82) is 0 Å². The van der Waals surface area contributed by atoms with Crippen molar-refractivity contribution < 1.29 is 4.79 Å². The largest absolute Gasteiger partial charge is 0.328 e. The molecule has 0 atom stereocenters. The smallest absolute Gasteiger partial charge is 0.254 e. The standard InChI is InChI=1S/C16H14N2OS2/c19-16(13-5-7-17-8-6-13)18(11-14-3-1-9-20-14)12-15-4-2-10-21-15/h1-10H,11-12H2. The minimum Gasteiger partial charge on any atom is -0.328 e. The molecule has 5 heteroatoms. The third kappa shape index (κ3) is 3.56. The van der Waals surface area contributed by atoms with E-state index in [1.807, 2.05) is 27.8 Å². The van der Waals surface area contributed by atoms with Crippen LogP contribution in [0.15, 0.2) is 59.6 Å². The Morgan fingerprint density at radius 2 is 1.52 bits per heavy atom. The van der Waals surface area contributed by atoms with Crippen LogP contribution in [0.3, 0.4) is 0 Å². The minimum atomic E-state index is 0.0409. The Labute approximate surface area is 131 Å². The molecule has 0 saturated heterocycles. The van der Waals surface area contributed by atoms with Crippen molar-refractivity contribution in [3.8, 4) is 0 Å². The predicted molar refractivity (Wildman–Crippen MR) is 86.5 cm³/mol. The van der Waals surface area contributed by atoms with Crippen molar-refractivity contribution >= 4 is 28.6 Å². The van der Waals surface area contributed by atoms with Crippen molar-refractivity contribution in [1.82, 2.24) is 9.88 Å². The maximum Gasteiger partial charge on any atom is 0.254 e. The van der Waals surface area contributed by atoms with Crippen LogP contribution in [0, 0.1) is 0 Å². The highest BCUT2D eigenvalue weighted by molar-refractivity contribution is 7.10. The SMILES string of the molecule is O=C(c1ccncc1)N(Cc1cccs1)Cc1cccs1. The summed E-state index contributed by atoms with van der Waals surface area (Å²) in [5, 5.41) is 4.07. The van der Waals surface area contributed by atoms with E-state index in [0.29, 0.717) is 18.7 Å². The molecule has 0 aliphatic carbocycles. The zero-order valence-corrected chi connectivity index (χ0v) is 12.9. The first-order valence-corrected chi connectivity index (χ1v) is 8.33. The molecule has 0 unspecified atom stereocenters. The van der Waals surface area contributed by atoms with E-state index in [1.54, 1.807) is 47.2 Å². The molecule has 0 N–H and O–H groups in total. The number of thiophene rings is 2. The Kier molecular flexibility index (Phi) is 4.43. The number of hydrogen-bond donors (Lipinski definition) is 0. The van der Waals surface area contributed by atoms with E-state index in [2.05, 4.69) is 17.1 Å². The predicted octanol–water partition coefficient (Wildman–Crippen LogP) is 4.05. The number of rotatable bonds is 5. The van der Waals surface area contributed by atoms with Crippen LogP contribution in [0.2, 0.25) is 0 Å². The molecule has 1 amide bonds. The van der Waals surface area contributed by atoms with Gasteiger partial charge < -0.3 is 4.90 Å². The number of carbonyl (C=O) groups is 1. The first-order chi connectivity index (χ1) is 10.3. The monoisotopic (exact) mass is 314 g/mol. The van der Waals surface area contributed by atoms with Gasteiger partial charge >= 0.3 is 0 Å². The molecule has 3 aromatic heterocycles. The molecule has 0 fully saturated rings. The second-order valence-electron chi connectivity index (χ2n) is 4.56. The molecule has 106 valence electrons. The average molecular weight is 314 g/mol. The molecular weight excluding hydrogens is 300 g/mol. The van der Waals surface area contributed by atoms with E-state index in [0.717, 1.165) is 0 Å². The molecule has 0 spiro atoms. The maximum absolute atomic E-state index is 12.7. The van der Waals surface area contributed by atoms with Gasteiger partial charge in [0.2, 0.25) is 0 Å². The Bertz CT molecular complexity index is 642. The summed E-state index contributed by atoms with van der Waals surface area (Å²) in [5.74, 6) is 0.0409. The summed E-state index contributed by atoms with van der Waals surface area (Å²) in [6.45, 7) is 1.27. The van der Waals surface area contributed by atoms with Gasteiger partial charge in [-0.25, -0.2) is 0 Å². The molecular formula is C16H14N2OS2. The summed E-state index contributed by atoms with van der Waals surface area (Å²) in [4.78, 5) is 20.9. The number of carbonyl (C=O) groups excluding carboxylic acids is 1. The number of aromatic nitrogens is 1. The van der Waals surface area contributed by atoms with Crippen molar-refractivity contribution in [3.63, 3.8) is 0 Å². The number of amides is 1. The average Bonchev–Trinajstić information content (AvgIpc) is 3.20. The molecule has 3 nitrogen and oxygen atoms in total. The van der Waals surface area contributed by atoms with Crippen molar-refractivity contribution in [2.75, 3.05) is 0 Å². The third-order valence-electron chi connectivity index (χ3n) is 3.07. The van der Waals surface area contributed by atoms with Crippen LogP contribution in [-0.4, -0.2) is 15.8 Å². The molecule has 0 radical (unpaired) electrons. The van der Waals surface area contributed by atoms with Crippen LogP contribution in [0.25, 0.3) is 0 Å². The van der Waals surface area contributed by atoms with Gasteiger partial charge in [-0.1, -0.05) is 12.1 Å². The van der Waals surface area contributed by atoms with Gasteiger partial charge in [0.25, 0.3) is 5.91 Å². The zero-order valence-electron chi connectivity index (χ0n) is 11.3. The van der Waals surface area contributed by atoms with E-state index in [-0.39, 0.29) is 5.91 Å². The fourth-order valence-corrected chi connectivity index (χ4v) is 3.50. The number of nitrogens with zero attached hydrogens (tertiary/aromatic N) is 2. The lowest BCUT2D eigenvalue weighted by Crippen LogP contribution is -2.29. The van der Waals surface area contributed by atoms with Gasteiger partial charge in [0, 0.05) is 27.7 Å². The van der Waals surface area contributed by atoms with Crippen LogP contribution in [-0.2, 0) is 13.1 Å². The van der Waals surface area contributed by atoms with Crippen molar-refractivity contribution in [2.45, 2.75) is 13.1 Å². The van der Waals surface area contributed by atoms with Crippen molar-refractivity contribution in [3.05, 3.63) is 74.9 Å². The van der Waals surface area contributed by atoms with Gasteiger partial charge in [-0.05, 0) is 35.0 Å². The maximum atomic E-state index is 12.7. The molecule has 3 heterocycles. The second kappa shape index (κ2) is 6.65. The molecule has 0 aliphatic heterocycles. The van der Waals surface area contributed by atoms with Crippen LogP contribution in [0.1, 0.15) is 20.1 Å². The summed E-state index contributed by atoms with van der Waals surface area (Å²) < 4.78 is 0. The van der Waals surface area contributed by atoms with Crippen LogP contribution in [0.5, 0.6) is 0 Å². The van der Waals surface area contributed by atoms with Gasteiger partial charge in [0.1, 0.15) is 0 Å². The van der Waals surface area contributed by atoms with Gasteiger partial charge in [-0.15, -0.1) is 22.7 Å². The Balaban J connectivity index is 1.82. The summed E-state index contributed by atoms with van der Waals surface area (Å²) in [6.07, 6.45) is 3.31. The third-order valence-corrected chi connectivity index (χ3v) is 4.79. The highest BCUT2D eigenvalue weighted by atomic mass is 32.1. The fourth-order valence-electron chi connectivity index (χ4n) is 2.06. The summed E-state index contributed by atoms with van der Waals surface area (Å²) in [5.41, 5.74) is 0.679. The van der Waals surface area contributed by atoms with Crippen LogP contribution in [0.4, 0.5) is 0 Å². The lowest BCUT2D eigenvalue weighted by atomic mass is 10.2. The van der Waals surface area contributed by atoms with E-state index in [1.165, 1.54) is 9.75 Å². The molecule has 3 aromatic rings. The molecule has 21 heavy (non-hydrogen) atoms. The summed E-state index contributed by atoms with van der Waals surface area (Å²) in [7, 11) is 0. The quantitative estimate of drug-likeness (QED) is 0.712. The number of pyridine rings is 1. The summed E-state index contributed by atoms with van der Waals surface area (Å²) in [6, 6.07) is 11.7. The minimum absolute atomic E-state index is 0.0409. The molecule has 0 saturated carbocycles. The first kappa shape index (κ1) is 14.0. The second-order valence-corrected chi connectivity index (χ2v) is 6.62. The molecule has 0 aliphatic rings. The van der Waals surface area contributed by atoms with Crippen molar-refractivity contribution in [2.24, 2.45) is 0 Å². The van der Waals surface area contributed by atoms with E-state index >= 15 is 0 Å². The van der Waals surface area contributed by atoms with E-state index in [4.69, 9.17) is 0 Å². The van der Waals surface area contributed by atoms with Gasteiger partial charge in [-0.2, -0.15) is 0 Å².